The molecule has 21 heavy (non-hydrogen) atoms. The van der Waals surface area contributed by atoms with E-state index in [1.165, 1.54) is 24.0 Å². The van der Waals surface area contributed by atoms with Crippen LogP contribution < -0.4 is 4.90 Å². The number of anilines is 1. The lowest BCUT2D eigenvalue weighted by atomic mass is 10.2. The molecule has 0 saturated heterocycles. The Bertz CT molecular complexity index is 670. The second kappa shape index (κ2) is 5.30. The summed E-state index contributed by atoms with van der Waals surface area (Å²) in [7, 11) is -4.48. The van der Waals surface area contributed by atoms with Crippen molar-refractivity contribution in [1.29, 1.82) is 0 Å². The van der Waals surface area contributed by atoms with E-state index in [1.807, 2.05) is 0 Å². The highest BCUT2D eigenvalue weighted by Crippen LogP contribution is 2.31. The average Bonchev–Trinajstić information content (AvgIpc) is 2.78. The third-order valence-electron chi connectivity index (χ3n) is 2.99. The summed E-state index contributed by atoms with van der Waals surface area (Å²) in [6, 6.07) is 3.77. The second-order valence-electron chi connectivity index (χ2n) is 4.54. The van der Waals surface area contributed by atoms with Crippen LogP contribution in [0.2, 0.25) is 0 Å². The predicted octanol–water partition coefficient (Wildman–Crippen LogP) is 1.86. The van der Waals surface area contributed by atoms with Gasteiger partial charge in [-0.15, -0.1) is 0 Å². The van der Waals surface area contributed by atoms with Gasteiger partial charge >= 0.3 is 6.18 Å². The topological polar surface area (TPSA) is 63.7 Å². The number of amides is 1. The molecule has 0 radical (unpaired) electrons. The highest BCUT2D eigenvalue weighted by Gasteiger charge is 2.32. The maximum absolute atomic E-state index is 12.0. The van der Waals surface area contributed by atoms with Crippen LogP contribution in [0.25, 0.3) is 0 Å². The molecule has 0 fully saturated rings. The van der Waals surface area contributed by atoms with Crippen LogP contribution in [0.1, 0.15) is 12.5 Å². The summed E-state index contributed by atoms with van der Waals surface area (Å²) < 4.78 is 63.4. The number of nitrogens with zero attached hydrogens (tertiary/aromatic N) is 1. The summed E-state index contributed by atoms with van der Waals surface area (Å²) >= 11 is 0. The van der Waals surface area contributed by atoms with Crippen molar-refractivity contribution in [1.82, 2.24) is 0 Å². The molecule has 5 nitrogen and oxygen atoms in total. The van der Waals surface area contributed by atoms with Crippen LogP contribution in [-0.2, 0) is 25.5 Å². The molecule has 2 rings (SSSR count). The van der Waals surface area contributed by atoms with E-state index in [0.717, 1.165) is 6.07 Å². The molecule has 0 saturated carbocycles. The van der Waals surface area contributed by atoms with E-state index >= 15 is 0 Å². The van der Waals surface area contributed by atoms with Gasteiger partial charge in [0, 0.05) is 19.2 Å². The van der Waals surface area contributed by atoms with Crippen LogP contribution >= 0.6 is 0 Å². The van der Waals surface area contributed by atoms with Gasteiger partial charge < -0.3 is 4.90 Å². The molecule has 1 aliphatic heterocycles. The van der Waals surface area contributed by atoms with E-state index in [4.69, 9.17) is 0 Å². The van der Waals surface area contributed by atoms with E-state index < -0.39 is 22.9 Å². The lowest BCUT2D eigenvalue weighted by Crippen LogP contribution is -2.25. The SMILES string of the molecule is CC(=O)N1CCc2cc(S(=O)(=O)OCC(F)(F)F)ccc21. The molecule has 0 aromatic heterocycles. The Kier molecular flexibility index (Phi) is 3.98. The second-order valence-corrected chi connectivity index (χ2v) is 6.16. The maximum Gasteiger partial charge on any atom is 0.413 e. The minimum atomic E-state index is -4.73. The fraction of sp³-hybridized carbons (Fsp3) is 0.417. The fourth-order valence-corrected chi connectivity index (χ4v) is 3.02. The number of hydrogen-bond acceptors (Lipinski definition) is 4. The number of alkyl halides is 3. The van der Waals surface area contributed by atoms with Crippen molar-refractivity contribution in [3.63, 3.8) is 0 Å². The first-order valence-electron chi connectivity index (χ1n) is 5.97. The van der Waals surface area contributed by atoms with Crippen molar-refractivity contribution in [3.05, 3.63) is 23.8 Å². The average molecular weight is 323 g/mol. The molecule has 116 valence electrons. The number of fused-ring (bicyclic) bond motifs is 1. The van der Waals surface area contributed by atoms with Crippen LogP contribution in [0.5, 0.6) is 0 Å². The van der Waals surface area contributed by atoms with Crippen molar-refractivity contribution in [2.24, 2.45) is 0 Å². The molecule has 0 spiro atoms. The molecule has 0 aliphatic carbocycles. The van der Waals surface area contributed by atoms with Gasteiger partial charge in [0.05, 0.1) is 4.90 Å². The number of rotatable bonds is 3. The molecule has 9 heteroatoms. The molecular formula is C12H12F3NO4S. The molecule has 1 aliphatic rings. The van der Waals surface area contributed by atoms with Crippen LogP contribution in [0.3, 0.4) is 0 Å². The van der Waals surface area contributed by atoms with Crippen LogP contribution in [0.15, 0.2) is 23.1 Å². The summed E-state index contributed by atoms with van der Waals surface area (Å²) in [6.45, 7) is -0.0736. The predicted molar refractivity (Wildman–Crippen MR) is 67.4 cm³/mol. The normalized spacial score (nSPS) is 15.1. The highest BCUT2D eigenvalue weighted by atomic mass is 32.2. The molecule has 1 aromatic carbocycles. The molecule has 1 amide bonds. The Hall–Kier alpha value is -1.61. The monoisotopic (exact) mass is 323 g/mol. The van der Waals surface area contributed by atoms with Gasteiger partial charge in [-0.2, -0.15) is 21.6 Å². The standard InChI is InChI=1S/C12H12F3NO4S/c1-8(17)16-5-4-9-6-10(2-3-11(9)16)21(18,19)20-7-12(13,14)15/h2-3,6H,4-5,7H2,1H3. The quantitative estimate of drug-likeness (QED) is 0.797. The zero-order valence-corrected chi connectivity index (χ0v) is 11.8. The third kappa shape index (κ3) is 3.53. The molecular weight excluding hydrogens is 311 g/mol. The minimum Gasteiger partial charge on any atom is -0.312 e. The Balaban J connectivity index is 2.25. The molecule has 1 aromatic rings. The first-order valence-corrected chi connectivity index (χ1v) is 7.38. The minimum absolute atomic E-state index is 0.183. The summed E-state index contributed by atoms with van der Waals surface area (Å²) in [6.07, 6.45) is -4.28. The summed E-state index contributed by atoms with van der Waals surface area (Å²) in [5.74, 6) is -0.183. The van der Waals surface area contributed by atoms with Gasteiger partial charge in [-0.1, -0.05) is 0 Å². The van der Waals surface area contributed by atoms with E-state index in [9.17, 15) is 26.4 Å². The van der Waals surface area contributed by atoms with E-state index in [-0.39, 0.29) is 10.8 Å². The lowest BCUT2D eigenvalue weighted by molar-refractivity contribution is -0.152. The van der Waals surface area contributed by atoms with Crippen molar-refractivity contribution < 1.29 is 30.6 Å². The first kappa shape index (κ1) is 15.8. The van der Waals surface area contributed by atoms with Crippen LogP contribution in [0.4, 0.5) is 18.9 Å². The van der Waals surface area contributed by atoms with Crippen LogP contribution in [0, 0.1) is 0 Å². The highest BCUT2D eigenvalue weighted by molar-refractivity contribution is 7.86. The smallest absolute Gasteiger partial charge is 0.312 e. The van der Waals surface area contributed by atoms with E-state index in [1.54, 1.807) is 0 Å². The van der Waals surface area contributed by atoms with Gasteiger partial charge in [0.2, 0.25) is 5.91 Å². The van der Waals surface area contributed by atoms with Crippen LogP contribution in [-0.4, -0.2) is 33.7 Å². The number of halogens is 3. The Morgan fingerprint density at radius 2 is 2.05 bits per heavy atom. The zero-order chi connectivity index (χ0) is 15.8. The summed E-state index contributed by atoms with van der Waals surface area (Å²) in [5, 5.41) is 0. The third-order valence-corrected chi connectivity index (χ3v) is 4.25. The molecule has 1 heterocycles. The molecule has 0 N–H and O–H groups in total. The number of carbonyl (C=O) groups is 1. The zero-order valence-electron chi connectivity index (χ0n) is 11.0. The number of carbonyl (C=O) groups excluding carboxylic acids is 1. The van der Waals surface area contributed by atoms with Gasteiger partial charge in [0.15, 0.2) is 6.61 Å². The van der Waals surface area contributed by atoms with Crippen molar-refractivity contribution in [2.45, 2.75) is 24.4 Å². The molecule has 0 atom stereocenters. The largest absolute Gasteiger partial charge is 0.413 e. The molecule has 0 unspecified atom stereocenters. The summed E-state index contributed by atoms with van der Waals surface area (Å²) in [4.78, 5) is 12.5. The van der Waals surface area contributed by atoms with Gasteiger partial charge in [-0.25, -0.2) is 0 Å². The fourth-order valence-electron chi connectivity index (χ4n) is 2.07. The van der Waals surface area contributed by atoms with Gasteiger partial charge in [-0.05, 0) is 30.2 Å². The first-order chi connectivity index (χ1) is 9.60. The molecule has 0 bridgehead atoms. The maximum atomic E-state index is 12.0. The Morgan fingerprint density at radius 3 is 2.62 bits per heavy atom. The van der Waals surface area contributed by atoms with Gasteiger partial charge in [0.1, 0.15) is 0 Å². The Morgan fingerprint density at radius 1 is 1.38 bits per heavy atom. The van der Waals surface area contributed by atoms with Crippen molar-refractivity contribution >= 4 is 21.7 Å². The Labute approximate surface area is 119 Å². The summed E-state index contributed by atoms with van der Waals surface area (Å²) in [5.41, 5.74) is 1.15. The van der Waals surface area contributed by atoms with E-state index in [2.05, 4.69) is 4.18 Å². The van der Waals surface area contributed by atoms with E-state index in [0.29, 0.717) is 24.2 Å². The lowest BCUT2D eigenvalue weighted by Gasteiger charge is -2.15. The number of hydrogen-bond donors (Lipinski definition) is 0. The van der Waals surface area contributed by atoms with Gasteiger partial charge in [-0.3, -0.25) is 8.98 Å². The van der Waals surface area contributed by atoms with Crippen molar-refractivity contribution in [2.75, 3.05) is 18.1 Å². The van der Waals surface area contributed by atoms with Gasteiger partial charge in [0.25, 0.3) is 10.1 Å². The number of benzene rings is 1. The van der Waals surface area contributed by atoms with Crippen molar-refractivity contribution in [3.8, 4) is 0 Å².